The van der Waals surface area contributed by atoms with Crippen molar-refractivity contribution >= 4 is 15.7 Å². The Kier molecular flexibility index (Phi) is 4.34. The highest BCUT2D eigenvalue weighted by Gasteiger charge is 2.24. The maximum Gasteiger partial charge on any atom is 0.246 e. The molecule has 1 aromatic heterocycles. The molecular weight excluding hydrogens is 288 g/mol. The Hall–Kier alpha value is -1.86. The molecule has 0 saturated carbocycles. The number of hydrogen-bond acceptors (Lipinski definition) is 4. The zero-order valence-electron chi connectivity index (χ0n) is 12.7. The molecule has 114 valence electrons. The zero-order valence-corrected chi connectivity index (χ0v) is 13.5. The summed E-state index contributed by atoms with van der Waals surface area (Å²) in [4.78, 5) is 2.22. The van der Waals surface area contributed by atoms with Crippen molar-refractivity contribution in [3.05, 3.63) is 41.7 Å². The lowest BCUT2D eigenvalue weighted by atomic mass is 10.2. The smallest absolute Gasteiger partial charge is 0.246 e. The zero-order chi connectivity index (χ0) is 15.6. The first kappa shape index (κ1) is 15.5. The van der Waals surface area contributed by atoms with Crippen LogP contribution in [0.3, 0.4) is 0 Å². The minimum atomic E-state index is -3.52. The number of aryl methyl sites for hydroxylation is 1. The molecule has 0 atom stereocenters. The van der Waals surface area contributed by atoms with Crippen molar-refractivity contribution < 1.29 is 8.42 Å². The normalized spacial score (nSPS) is 11.9. The Bertz CT molecular complexity index is 705. The van der Waals surface area contributed by atoms with Gasteiger partial charge in [-0.3, -0.25) is 5.10 Å². The summed E-state index contributed by atoms with van der Waals surface area (Å²) >= 11 is 0. The molecule has 1 heterocycles. The number of aromatic amines is 1. The Morgan fingerprint density at radius 1 is 1.14 bits per heavy atom. The molecule has 0 saturated heterocycles. The molecule has 0 unspecified atom stereocenters. The quantitative estimate of drug-likeness (QED) is 0.911. The summed E-state index contributed by atoms with van der Waals surface area (Å²) < 4.78 is 26.2. The van der Waals surface area contributed by atoms with Crippen molar-refractivity contribution in [2.75, 3.05) is 26.0 Å². The second kappa shape index (κ2) is 5.87. The van der Waals surface area contributed by atoms with Gasteiger partial charge in [-0.1, -0.05) is 12.1 Å². The molecule has 0 aliphatic rings. The van der Waals surface area contributed by atoms with Crippen LogP contribution in [0.4, 0.5) is 5.69 Å². The summed E-state index contributed by atoms with van der Waals surface area (Å²) in [5.74, 6) is 0. The van der Waals surface area contributed by atoms with Gasteiger partial charge in [0.25, 0.3) is 0 Å². The van der Waals surface area contributed by atoms with E-state index in [0.29, 0.717) is 12.2 Å². The average Bonchev–Trinajstić information content (AvgIpc) is 2.86. The molecule has 21 heavy (non-hydrogen) atoms. The molecule has 1 aromatic carbocycles. The number of nitrogens with zero attached hydrogens (tertiary/aromatic N) is 3. The van der Waals surface area contributed by atoms with E-state index in [1.807, 2.05) is 43.3 Å². The van der Waals surface area contributed by atoms with Crippen LogP contribution in [-0.2, 0) is 16.6 Å². The minimum Gasteiger partial charge on any atom is -0.378 e. The summed E-state index contributed by atoms with van der Waals surface area (Å²) in [7, 11) is 1.98. The number of sulfonamides is 1. The highest BCUT2D eigenvalue weighted by molar-refractivity contribution is 7.89. The van der Waals surface area contributed by atoms with E-state index >= 15 is 0 Å². The van der Waals surface area contributed by atoms with Crippen molar-refractivity contribution in [1.29, 1.82) is 0 Å². The first-order chi connectivity index (χ1) is 9.82. The van der Waals surface area contributed by atoms with E-state index in [4.69, 9.17) is 0 Å². The van der Waals surface area contributed by atoms with Crippen LogP contribution in [0, 0.1) is 6.92 Å². The first-order valence-electron chi connectivity index (χ1n) is 6.55. The van der Waals surface area contributed by atoms with Crippen LogP contribution in [0.5, 0.6) is 0 Å². The van der Waals surface area contributed by atoms with E-state index in [-0.39, 0.29) is 4.90 Å². The predicted octanol–water partition coefficient (Wildman–Crippen LogP) is 1.60. The van der Waals surface area contributed by atoms with Crippen LogP contribution < -0.4 is 4.90 Å². The number of hydrogen-bond donors (Lipinski definition) is 1. The summed E-state index contributed by atoms with van der Waals surface area (Å²) in [6, 6.07) is 7.81. The van der Waals surface area contributed by atoms with E-state index < -0.39 is 10.0 Å². The van der Waals surface area contributed by atoms with Gasteiger partial charge in [0.1, 0.15) is 4.90 Å². The van der Waals surface area contributed by atoms with Gasteiger partial charge in [0.05, 0.1) is 11.9 Å². The fourth-order valence-electron chi connectivity index (χ4n) is 2.01. The van der Waals surface area contributed by atoms with Crippen LogP contribution in [0.25, 0.3) is 0 Å². The van der Waals surface area contributed by atoms with E-state index in [1.165, 1.54) is 10.5 Å². The molecule has 0 aliphatic heterocycles. The number of H-pyrrole nitrogens is 1. The van der Waals surface area contributed by atoms with Crippen molar-refractivity contribution in [3.8, 4) is 0 Å². The molecule has 0 fully saturated rings. The van der Waals surface area contributed by atoms with E-state index in [2.05, 4.69) is 10.2 Å². The molecular formula is C14H20N4O2S. The number of rotatable bonds is 5. The van der Waals surface area contributed by atoms with Gasteiger partial charge in [0.2, 0.25) is 10.0 Å². The van der Waals surface area contributed by atoms with Crippen molar-refractivity contribution in [2.24, 2.45) is 0 Å². The van der Waals surface area contributed by atoms with Crippen LogP contribution in [0.2, 0.25) is 0 Å². The monoisotopic (exact) mass is 308 g/mol. The summed E-state index contributed by atoms with van der Waals surface area (Å²) in [5, 5.41) is 6.42. The van der Waals surface area contributed by atoms with Gasteiger partial charge < -0.3 is 4.90 Å². The van der Waals surface area contributed by atoms with Gasteiger partial charge in [-0.15, -0.1) is 0 Å². The van der Waals surface area contributed by atoms with E-state index in [0.717, 1.165) is 11.3 Å². The van der Waals surface area contributed by atoms with Gasteiger partial charge in [-0.25, -0.2) is 8.42 Å². The minimum absolute atomic E-state index is 0.218. The van der Waals surface area contributed by atoms with Crippen LogP contribution in [0.15, 0.2) is 35.4 Å². The Labute approximate surface area is 125 Å². The fraction of sp³-hybridized carbons (Fsp3) is 0.357. The molecule has 1 N–H and O–H groups in total. The molecule has 0 bridgehead atoms. The standard InChI is InChI=1S/C14H20N4O2S/c1-11-14(9-15-16-11)21(19,20)18(4)10-12-5-7-13(8-6-12)17(2)3/h5-9H,10H2,1-4H3,(H,15,16). The van der Waals surface area contributed by atoms with Crippen molar-refractivity contribution in [2.45, 2.75) is 18.4 Å². The lowest BCUT2D eigenvalue weighted by Crippen LogP contribution is -2.26. The SMILES string of the molecule is Cc1[nH]ncc1S(=O)(=O)N(C)Cc1ccc(N(C)C)cc1. The van der Waals surface area contributed by atoms with Crippen LogP contribution in [0.1, 0.15) is 11.3 Å². The average molecular weight is 308 g/mol. The molecule has 0 aliphatic carbocycles. The molecule has 6 nitrogen and oxygen atoms in total. The Morgan fingerprint density at radius 2 is 1.76 bits per heavy atom. The lowest BCUT2D eigenvalue weighted by molar-refractivity contribution is 0.466. The van der Waals surface area contributed by atoms with Gasteiger partial charge >= 0.3 is 0 Å². The Morgan fingerprint density at radius 3 is 2.24 bits per heavy atom. The van der Waals surface area contributed by atoms with Gasteiger partial charge in [0.15, 0.2) is 0 Å². The number of nitrogens with one attached hydrogen (secondary N) is 1. The molecule has 2 rings (SSSR count). The van der Waals surface area contributed by atoms with Gasteiger partial charge in [-0.05, 0) is 24.6 Å². The predicted molar refractivity (Wildman–Crippen MR) is 82.7 cm³/mol. The topological polar surface area (TPSA) is 69.3 Å². The summed E-state index contributed by atoms with van der Waals surface area (Å²) in [6.07, 6.45) is 1.34. The number of anilines is 1. The number of aromatic nitrogens is 2. The summed E-state index contributed by atoms with van der Waals surface area (Å²) in [5.41, 5.74) is 2.56. The van der Waals surface area contributed by atoms with Crippen LogP contribution in [-0.4, -0.2) is 44.1 Å². The highest BCUT2D eigenvalue weighted by Crippen LogP contribution is 2.19. The second-order valence-electron chi connectivity index (χ2n) is 5.18. The molecule has 0 amide bonds. The third kappa shape index (κ3) is 3.25. The highest BCUT2D eigenvalue weighted by atomic mass is 32.2. The van der Waals surface area contributed by atoms with Gasteiger partial charge in [-0.2, -0.15) is 9.40 Å². The molecule has 7 heteroatoms. The van der Waals surface area contributed by atoms with Crippen molar-refractivity contribution in [1.82, 2.24) is 14.5 Å². The number of benzene rings is 1. The second-order valence-corrected chi connectivity index (χ2v) is 7.19. The summed E-state index contributed by atoms with van der Waals surface area (Å²) in [6.45, 7) is 2.01. The molecule has 0 radical (unpaired) electrons. The maximum absolute atomic E-state index is 12.5. The van der Waals surface area contributed by atoms with E-state index in [9.17, 15) is 8.42 Å². The molecule has 2 aromatic rings. The fourth-order valence-corrected chi connectivity index (χ4v) is 3.28. The van der Waals surface area contributed by atoms with Gasteiger partial charge in [0, 0.05) is 33.4 Å². The first-order valence-corrected chi connectivity index (χ1v) is 7.99. The van der Waals surface area contributed by atoms with Crippen LogP contribution >= 0.6 is 0 Å². The Balaban J connectivity index is 2.18. The molecule has 0 spiro atoms. The van der Waals surface area contributed by atoms with E-state index in [1.54, 1.807) is 14.0 Å². The largest absolute Gasteiger partial charge is 0.378 e. The third-order valence-corrected chi connectivity index (χ3v) is 5.25. The van der Waals surface area contributed by atoms with Crippen molar-refractivity contribution in [3.63, 3.8) is 0 Å². The maximum atomic E-state index is 12.5. The third-order valence-electron chi connectivity index (χ3n) is 3.33. The lowest BCUT2D eigenvalue weighted by Gasteiger charge is -2.18.